The van der Waals surface area contributed by atoms with E-state index in [9.17, 15) is 9.59 Å². The number of rotatable bonds is 8. The molecular formula is C18H21N3O5. The summed E-state index contributed by atoms with van der Waals surface area (Å²) >= 11 is 0. The van der Waals surface area contributed by atoms with E-state index < -0.39 is 11.9 Å². The molecule has 0 radical (unpaired) electrons. The molecule has 0 aliphatic carbocycles. The highest BCUT2D eigenvalue weighted by molar-refractivity contribution is 5.99. The van der Waals surface area contributed by atoms with Crippen LogP contribution >= 0.6 is 0 Å². The molecule has 0 unspecified atom stereocenters. The van der Waals surface area contributed by atoms with Gasteiger partial charge in [0.15, 0.2) is 0 Å². The van der Waals surface area contributed by atoms with Gasteiger partial charge in [-0.25, -0.2) is 9.59 Å². The summed E-state index contributed by atoms with van der Waals surface area (Å²) in [5.74, 6) is -0.867. The number of hydrogen-bond acceptors (Lipinski definition) is 7. The average molecular weight is 359 g/mol. The molecule has 0 spiro atoms. The van der Waals surface area contributed by atoms with E-state index in [1.165, 1.54) is 14.2 Å². The van der Waals surface area contributed by atoms with E-state index in [-0.39, 0.29) is 5.70 Å². The van der Waals surface area contributed by atoms with Crippen molar-refractivity contribution in [3.05, 3.63) is 54.0 Å². The van der Waals surface area contributed by atoms with Crippen LogP contribution in [-0.4, -0.2) is 35.9 Å². The topological polar surface area (TPSA) is 91.7 Å². The zero-order valence-corrected chi connectivity index (χ0v) is 14.9. The maximum Gasteiger partial charge on any atom is 0.354 e. The number of aromatic nitrogens is 2. The molecule has 2 rings (SSSR count). The lowest BCUT2D eigenvalue weighted by molar-refractivity contribution is -0.138. The number of aryl methyl sites for hydroxylation is 1. The minimum Gasteiger partial charge on any atom is -0.487 e. The lowest BCUT2D eigenvalue weighted by Gasteiger charge is -2.14. The van der Waals surface area contributed by atoms with Crippen LogP contribution in [0.4, 0.5) is 5.69 Å². The third-order valence-electron chi connectivity index (χ3n) is 3.43. The van der Waals surface area contributed by atoms with Gasteiger partial charge >= 0.3 is 11.9 Å². The van der Waals surface area contributed by atoms with Crippen molar-refractivity contribution < 1.29 is 23.8 Å². The van der Waals surface area contributed by atoms with Gasteiger partial charge in [-0.1, -0.05) is 12.1 Å². The summed E-state index contributed by atoms with van der Waals surface area (Å²) in [6.45, 7) is 3.09. The van der Waals surface area contributed by atoms with Gasteiger partial charge in [-0.15, -0.1) is 0 Å². The van der Waals surface area contributed by atoms with Gasteiger partial charge in [0, 0.05) is 18.3 Å². The first-order valence-corrected chi connectivity index (χ1v) is 7.95. The lowest BCUT2D eigenvalue weighted by atomic mass is 10.2. The predicted octanol–water partition coefficient (Wildman–Crippen LogP) is 2.12. The molecular weight excluding hydrogens is 338 g/mol. The normalized spacial score (nSPS) is 11.0. The highest BCUT2D eigenvalue weighted by Gasteiger charge is 2.15. The molecule has 0 fully saturated rings. The molecule has 0 aliphatic heterocycles. The fourth-order valence-corrected chi connectivity index (χ4v) is 2.09. The minimum absolute atomic E-state index is 0.0609. The van der Waals surface area contributed by atoms with E-state index in [2.05, 4.69) is 19.9 Å². The van der Waals surface area contributed by atoms with Gasteiger partial charge in [0.25, 0.3) is 0 Å². The van der Waals surface area contributed by atoms with Gasteiger partial charge in [-0.3, -0.25) is 4.68 Å². The fourth-order valence-electron chi connectivity index (χ4n) is 2.09. The van der Waals surface area contributed by atoms with Crippen molar-refractivity contribution in [1.29, 1.82) is 0 Å². The summed E-state index contributed by atoms with van der Waals surface area (Å²) in [5, 5.41) is 7.05. The van der Waals surface area contributed by atoms with Crippen LogP contribution in [0.1, 0.15) is 12.5 Å². The number of methoxy groups -OCH3 is 2. The molecule has 1 aromatic heterocycles. The molecule has 138 valence electrons. The quantitative estimate of drug-likeness (QED) is 0.570. The lowest BCUT2D eigenvalue weighted by Crippen LogP contribution is -2.16. The van der Waals surface area contributed by atoms with Crippen LogP contribution in [0.3, 0.4) is 0 Å². The first kappa shape index (κ1) is 19.0. The van der Waals surface area contributed by atoms with Crippen LogP contribution < -0.4 is 10.1 Å². The number of carbonyl (C=O) groups excluding carboxylic acids is 2. The van der Waals surface area contributed by atoms with Gasteiger partial charge < -0.3 is 19.5 Å². The summed E-state index contributed by atoms with van der Waals surface area (Å²) in [5.41, 5.74) is 1.37. The number of carbonyl (C=O) groups is 2. The van der Waals surface area contributed by atoms with E-state index in [0.717, 1.165) is 18.2 Å². The summed E-state index contributed by atoms with van der Waals surface area (Å²) in [6, 6.07) is 7.05. The maximum absolute atomic E-state index is 11.9. The average Bonchev–Trinajstić information content (AvgIpc) is 3.14. The summed E-state index contributed by atoms with van der Waals surface area (Å²) in [7, 11) is 2.45. The van der Waals surface area contributed by atoms with Crippen molar-refractivity contribution in [3.63, 3.8) is 0 Å². The van der Waals surface area contributed by atoms with Crippen molar-refractivity contribution in [2.24, 2.45) is 0 Å². The Hall–Kier alpha value is -3.29. The van der Waals surface area contributed by atoms with Crippen molar-refractivity contribution in [2.45, 2.75) is 20.1 Å². The Bertz CT molecular complexity index is 798. The van der Waals surface area contributed by atoms with E-state index in [0.29, 0.717) is 18.0 Å². The molecule has 0 amide bonds. The number of nitrogens with zero attached hydrogens (tertiary/aromatic N) is 2. The van der Waals surface area contributed by atoms with Crippen LogP contribution in [0.5, 0.6) is 5.75 Å². The molecule has 0 bridgehead atoms. The Morgan fingerprint density at radius 1 is 1.23 bits per heavy atom. The molecule has 0 atom stereocenters. The van der Waals surface area contributed by atoms with Gasteiger partial charge in [0.2, 0.25) is 0 Å². The maximum atomic E-state index is 11.9. The standard InChI is InChI=1S/C18H21N3O5/c1-4-21-11-13(10-19-21)12-26-16-8-6-5-7-14(16)20-15(18(23)25-3)9-17(22)24-2/h5-11,20H,4,12H2,1-3H3/b15-9+. The zero-order valence-electron chi connectivity index (χ0n) is 14.9. The van der Waals surface area contributed by atoms with Crippen LogP contribution in [0, 0.1) is 0 Å². The fraction of sp³-hybridized carbons (Fsp3) is 0.278. The van der Waals surface area contributed by atoms with Gasteiger partial charge in [-0.2, -0.15) is 5.10 Å². The van der Waals surface area contributed by atoms with Crippen molar-refractivity contribution in [2.75, 3.05) is 19.5 Å². The smallest absolute Gasteiger partial charge is 0.354 e. The molecule has 0 saturated carbocycles. The largest absolute Gasteiger partial charge is 0.487 e. The number of ether oxygens (including phenoxy) is 3. The summed E-state index contributed by atoms with van der Waals surface area (Å²) < 4.78 is 16.9. The van der Waals surface area contributed by atoms with Crippen LogP contribution in [0.15, 0.2) is 48.4 Å². The first-order valence-electron chi connectivity index (χ1n) is 7.95. The Morgan fingerprint density at radius 3 is 2.65 bits per heavy atom. The molecule has 26 heavy (non-hydrogen) atoms. The zero-order chi connectivity index (χ0) is 18.9. The second-order valence-corrected chi connectivity index (χ2v) is 5.19. The first-order chi connectivity index (χ1) is 12.6. The number of benzene rings is 1. The number of nitrogens with one attached hydrogen (secondary N) is 1. The SMILES string of the molecule is CCn1cc(COc2ccccc2N/C(=C/C(=O)OC)C(=O)OC)cn1. The molecule has 0 saturated heterocycles. The molecule has 1 aromatic carbocycles. The van der Waals surface area contributed by atoms with E-state index >= 15 is 0 Å². The number of hydrogen-bond donors (Lipinski definition) is 1. The third-order valence-corrected chi connectivity index (χ3v) is 3.43. The third kappa shape index (κ3) is 5.10. The van der Waals surface area contributed by atoms with Crippen LogP contribution in [-0.2, 0) is 32.2 Å². The summed E-state index contributed by atoms with van der Waals surface area (Å²) in [4.78, 5) is 23.4. The van der Waals surface area contributed by atoms with Crippen LogP contribution in [0.2, 0.25) is 0 Å². The monoisotopic (exact) mass is 359 g/mol. The molecule has 0 aliphatic rings. The Balaban J connectivity index is 2.17. The van der Waals surface area contributed by atoms with E-state index in [1.54, 1.807) is 35.1 Å². The van der Waals surface area contributed by atoms with Gasteiger partial charge in [0.1, 0.15) is 18.1 Å². The highest BCUT2D eigenvalue weighted by Crippen LogP contribution is 2.26. The second-order valence-electron chi connectivity index (χ2n) is 5.19. The number of para-hydroxylation sites is 2. The molecule has 2 aromatic rings. The van der Waals surface area contributed by atoms with Crippen molar-refractivity contribution in [3.8, 4) is 5.75 Å². The molecule has 1 heterocycles. The molecule has 1 N–H and O–H groups in total. The number of anilines is 1. The Labute approximate surface area is 151 Å². The highest BCUT2D eigenvalue weighted by atomic mass is 16.5. The van der Waals surface area contributed by atoms with Crippen molar-refractivity contribution >= 4 is 17.6 Å². The van der Waals surface area contributed by atoms with Crippen molar-refractivity contribution in [1.82, 2.24) is 9.78 Å². The van der Waals surface area contributed by atoms with E-state index in [4.69, 9.17) is 4.74 Å². The number of esters is 2. The Morgan fingerprint density at radius 2 is 2.00 bits per heavy atom. The predicted molar refractivity (Wildman–Crippen MR) is 94.4 cm³/mol. The van der Waals surface area contributed by atoms with Gasteiger partial charge in [-0.05, 0) is 19.1 Å². The Kier molecular flexibility index (Phi) is 6.78. The van der Waals surface area contributed by atoms with Crippen LogP contribution in [0.25, 0.3) is 0 Å². The van der Waals surface area contributed by atoms with Gasteiger partial charge in [0.05, 0.1) is 32.2 Å². The van der Waals surface area contributed by atoms with E-state index in [1.807, 2.05) is 13.1 Å². The summed E-state index contributed by atoms with van der Waals surface area (Å²) in [6.07, 6.45) is 4.65. The molecule has 8 nitrogen and oxygen atoms in total. The minimum atomic E-state index is -0.700. The molecule has 8 heteroatoms. The second kappa shape index (κ2) is 9.26.